The fourth-order valence-electron chi connectivity index (χ4n) is 3.44. The molecule has 2 aromatic rings. The fraction of sp³-hybridized carbons (Fsp3) is 0.435. The Bertz CT molecular complexity index is 845. The van der Waals surface area contributed by atoms with Crippen LogP contribution in [0.15, 0.2) is 53.7 Å². The number of rotatable bonds is 10. The number of pyridine rings is 1. The van der Waals surface area contributed by atoms with E-state index in [-0.39, 0.29) is 11.8 Å². The largest absolute Gasteiger partial charge is 0.476 e. The Labute approximate surface area is 188 Å². The second-order valence-electron chi connectivity index (χ2n) is 7.46. The summed E-state index contributed by atoms with van der Waals surface area (Å²) >= 11 is 5.82. The van der Waals surface area contributed by atoms with Gasteiger partial charge in [-0.2, -0.15) is 0 Å². The number of aromatic nitrogens is 1. The predicted octanol–water partition coefficient (Wildman–Crippen LogP) is 2.76. The predicted molar refractivity (Wildman–Crippen MR) is 124 cm³/mol. The van der Waals surface area contributed by atoms with Crippen molar-refractivity contribution in [3.8, 4) is 5.88 Å². The Hall–Kier alpha value is -2.80. The molecular weight excluding hydrogens is 414 g/mol. The van der Waals surface area contributed by atoms with Crippen LogP contribution in [0.3, 0.4) is 0 Å². The molecule has 31 heavy (non-hydrogen) atoms. The molecule has 1 unspecified atom stereocenters. The van der Waals surface area contributed by atoms with Gasteiger partial charge in [-0.1, -0.05) is 41.9 Å². The van der Waals surface area contributed by atoms with E-state index in [4.69, 9.17) is 16.3 Å². The number of halogens is 1. The smallest absolute Gasteiger partial charge is 0.223 e. The number of aliphatic imine (C=N–C) groups is 1. The zero-order chi connectivity index (χ0) is 21.9. The summed E-state index contributed by atoms with van der Waals surface area (Å²) in [6.07, 6.45) is 3.00. The van der Waals surface area contributed by atoms with Crippen molar-refractivity contribution < 1.29 is 9.53 Å². The first-order chi connectivity index (χ1) is 15.1. The molecule has 0 aliphatic carbocycles. The molecule has 1 amide bonds. The van der Waals surface area contributed by atoms with Crippen LogP contribution in [0.1, 0.15) is 18.9 Å². The molecule has 1 aliphatic rings. The van der Waals surface area contributed by atoms with Gasteiger partial charge < -0.3 is 20.3 Å². The molecule has 166 valence electrons. The zero-order valence-electron chi connectivity index (χ0n) is 17.9. The van der Waals surface area contributed by atoms with Gasteiger partial charge in [-0.15, -0.1) is 0 Å². The summed E-state index contributed by atoms with van der Waals surface area (Å²) in [4.78, 5) is 23.1. The average Bonchev–Trinajstić information content (AvgIpc) is 3.15. The molecule has 0 bridgehead atoms. The summed E-state index contributed by atoms with van der Waals surface area (Å²) in [5, 5.41) is 7.07. The molecule has 8 heteroatoms. The highest BCUT2D eigenvalue weighted by atomic mass is 35.5. The second kappa shape index (κ2) is 12.2. The Balaban J connectivity index is 1.40. The normalized spacial score (nSPS) is 16.5. The third kappa shape index (κ3) is 7.75. The van der Waals surface area contributed by atoms with Gasteiger partial charge in [-0.05, 0) is 25.0 Å². The molecule has 0 radical (unpaired) electrons. The van der Waals surface area contributed by atoms with Crippen molar-refractivity contribution in [2.75, 3.05) is 39.3 Å². The van der Waals surface area contributed by atoms with Crippen molar-refractivity contribution in [1.29, 1.82) is 0 Å². The van der Waals surface area contributed by atoms with Gasteiger partial charge in [0.1, 0.15) is 6.61 Å². The van der Waals surface area contributed by atoms with Crippen molar-refractivity contribution in [1.82, 2.24) is 20.5 Å². The van der Waals surface area contributed by atoms with E-state index < -0.39 is 0 Å². The molecule has 3 rings (SSSR count). The lowest BCUT2D eigenvalue weighted by atomic mass is 10.1. The van der Waals surface area contributed by atoms with Crippen LogP contribution in [-0.4, -0.2) is 61.1 Å². The summed E-state index contributed by atoms with van der Waals surface area (Å²) in [7, 11) is 0. The van der Waals surface area contributed by atoms with Gasteiger partial charge in [0.25, 0.3) is 0 Å². The Morgan fingerprint density at radius 1 is 1.26 bits per heavy atom. The number of carbonyl (C=O) groups is 1. The van der Waals surface area contributed by atoms with E-state index in [0.29, 0.717) is 37.0 Å². The van der Waals surface area contributed by atoms with Crippen molar-refractivity contribution in [3.63, 3.8) is 0 Å². The van der Waals surface area contributed by atoms with Gasteiger partial charge in [0.15, 0.2) is 5.96 Å². The molecule has 2 heterocycles. The van der Waals surface area contributed by atoms with Crippen LogP contribution in [-0.2, 0) is 11.2 Å². The minimum absolute atomic E-state index is 0.220. The van der Waals surface area contributed by atoms with Crippen LogP contribution in [0, 0.1) is 5.92 Å². The number of guanidine groups is 1. The van der Waals surface area contributed by atoms with E-state index >= 15 is 0 Å². The standard InChI is InChI=1S/C23H30ClN5O2/c1-2-25-23(26-11-13-31-21-9-8-20(24)16-27-21)28-15-19-14-22(30)29(17-19)12-10-18-6-4-3-5-7-18/h3-9,16,19H,2,10-15,17H2,1H3,(H2,25,26,28). The third-order valence-corrected chi connectivity index (χ3v) is 5.23. The van der Waals surface area contributed by atoms with Crippen LogP contribution in [0.25, 0.3) is 0 Å². The number of benzene rings is 1. The Kier molecular flexibility index (Phi) is 8.97. The molecule has 0 spiro atoms. The molecule has 1 aromatic carbocycles. The van der Waals surface area contributed by atoms with Crippen molar-refractivity contribution >= 4 is 23.5 Å². The monoisotopic (exact) mass is 443 g/mol. The van der Waals surface area contributed by atoms with Crippen LogP contribution in [0.4, 0.5) is 0 Å². The van der Waals surface area contributed by atoms with E-state index in [2.05, 4.69) is 32.7 Å². The lowest BCUT2D eigenvalue weighted by Gasteiger charge is -2.16. The quantitative estimate of drug-likeness (QED) is 0.335. The van der Waals surface area contributed by atoms with E-state index in [0.717, 1.165) is 32.0 Å². The highest BCUT2D eigenvalue weighted by Crippen LogP contribution is 2.18. The maximum Gasteiger partial charge on any atom is 0.223 e. The number of amides is 1. The Morgan fingerprint density at radius 3 is 2.84 bits per heavy atom. The van der Waals surface area contributed by atoms with Crippen LogP contribution in [0.2, 0.25) is 5.02 Å². The second-order valence-corrected chi connectivity index (χ2v) is 7.89. The van der Waals surface area contributed by atoms with Crippen molar-refractivity contribution in [2.24, 2.45) is 10.9 Å². The molecular formula is C23H30ClN5O2. The first kappa shape index (κ1) is 22.9. The van der Waals surface area contributed by atoms with Gasteiger partial charge in [0.05, 0.1) is 11.6 Å². The number of hydrogen-bond acceptors (Lipinski definition) is 4. The van der Waals surface area contributed by atoms with Gasteiger partial charge >= 0.3 is 0 Å². The lowest BCUT2D eigenvalue weighted by molar-refractivity contribution is -0.127. The number of likely N-dealkylation sites (tertiary alicyclic amines) is 1. The summed E-state index contributed by atoms with van der Waals surface area (Å²) in [6, 6.07) is 13.8. The number of hydrogen-bond donors (Lipinski definition) is 2. The van der Waals surface area contributed by atoms with Crippen molar-refractivity contribution in [3.05, 3.63) is 59.2 Å². The van der Waals surface area contributed by atoms with Crippen molar-refractivity contribution in [2.45, 2.75) is 19.8 Å². The molecule has 0 saturated carbocycles. The zero-order valence-corrected chi connectivity index (χ0v) is 18.6. The Morgan fingerprint density at radius 2 is 2.10 bits per heavy atom. The molecule has 1 aliphatic heterocycles. The van der Waals surface area contributed by atoms with Gasteiger partial charge in [0, 0.05) is 50.8 Å². The minimum atomic E-state index is 0.220. The van der Waals surface area contributed by atoms with Crippen LogP contribution >= 0.6 is 11.6 Å². The van der Waals surface area contributed by atoms with Crippen LogP contribution in [0.5, 0.6) is 5.88 Å². The van der Waals surface area contributed by atoms with Gasteiger partial charge in [-0.25, -0.2) is 4.98 Å². The highest BCUT2D eigenvalue weighted by Gasteiger charge is 2.28. The molecule has 7 nitrogen and oxygen atoms in total. The van der Waals surface area contributed by atoms with Crippen LogP contribution < -0.4 is 15.4 Å². The topological polar surface area (TPSA) is 78.9 Å². The number of ether oxygens (including phenoxy) is 1. The number of nitrogens with zero attached hydrogens (tertiary/aromatic N) is 3. The number of carbonyl (C=O) groups excluding carboxylic acids is 1. The van der Waals surface area contributed by atoms with E-state index in [1.54, 1.807) is 18.3 Å². The van der Waals surface area contributed by atoms with E-state index in [1.807, 2.05) is 30.0 Å². The molecule has 1 fully saturated rings. The summed E-state index contributed by atoms with van der Waals surface area (Å²) in [5.74, 6) is 1.73. The minimum Gasteiger partial charge on any atom is -0.476 e. The summed E-state index contributed by atoms with van der Waals surface area (Å²) in [5.41, 5.74) is 1.26. The van der Waals surface area contributed by atoms with E-state index in [9.17, 15) is 4.79 Å². The molecule has 2 N–H and O–H groups in total. The fourth-order valence-corrected chi connectivity index (χ4v) is 3.55. The highest BCUT2D eigenvalue weighted by molar-refractivity contribution is 6.30. The molecule has 1 atom stereocenters. The van der Waals surface area contributed by atoms with Gasteiger partial charge in [-0.3, -0.25) is 9.79 Å². The summed E-state index contributed by atoms with van der Waals surface area (Å²) < 4.78 is 5.59. The molecule has 1 aromatic heterocycles. The molecule has 1 saturated heterocycles. The average molecular weight is 444 g/mol. The first-order valence-corrected chi connectivity index (χ1v) is 11.1. The van der Waals surface area contributed by atoms with Gasteiger partial charge in [0.2, 0.25) is 11.8 Å². The number of nitrogens with one attached hydrogen (secondary N) is 2. The van der Waals surface area contributed by atoms with E-state index in [1.165, 1.54) is 5.56 Å². The first-order valence-electron chi connectivity index (χ1n) is 10.7. The maximum atomic E-state index is 12.4. The maximum absolute atomic E-state index is 12.4. The summed E-state index contributed by atoms with van der Waals surface area (Å²) in [6.45, 7) is 5.96. The SMILES string of the molecule is CCNC(=NCC1CC(=O)N(CCc2ccccc2)C1)NCCOc1ccc(Cl)cn1. The third-order valence-electron chi connectivity index (χ3n) is 5.00. The lowest BCUT2D eigenvalue weighted by Crippen LogP contribution is -2.39.